The summed E-state index contributed by atoms with van der Waals surface area (Å²) in [5, 5.41) is 3.06. The highest BCUT2D eigenvalue weighted by Gasteiger charge is 2.11. The molecule has 1 N–H and O–H groups in total. The van der Waals surface area contributed by atoms with Crippen LogP contribution in [0.25, 0.3) is 0 Å². The maximum atomic E-state index is 12.7. The molecule has 1 heterocycles. The number of aromatic nitrogens is 2. The van der Waals surface area contributed by atoms with Crippen LogP contribution >= 0.6 is 0 Å². The summed E-state index contributed by atoms with van der Waals surface area (Å²) in [5.41, 5.74) is 2.73. The van der Waals surface area contributed by atoms with Gasteiger partial charge in [-0.25, -0.2) is 14.2 Å². The van der Waals surface area contributed by atoms with Gasteiger partial charge in [0, 0.05) is 29.4 Å². The number of anilines is 2. The van der Waals surface area contributed by atoms with Crippen LogP contribution in [0.1, 0.15) is 21.6 Å². The largest absolute Gasteiger partial charge is 0.324 e. The molecule has 0 saturated heterocycles. The van der Waals surface area contributed by atoms with Crippen molar-refractivity contribution in [2.45, 2.75) is 12.7 Å². The maximum Gasteiger partial charge on any atom is 0.285 e. The fraction of sp³-hybridized carbons (Fsp3) is 0.150. The van der Waals surface area contributed by atoms with E-state index in [4.69, 9.17) is 0 Å². The molecule has 1 atom stereocenters. The Balaban J connectivity index is 1.79. The van der Waals surface area contributed by atoms with Crippen molar-refractivity contribution in [3.63, 3.8) is 0 Å². The van der Waals surface area contributed by atoms with Crippen LogP contribution in [0, 0.1) is 6.92 Å². The van der Waals surface area contributed by atoms with Gasteiger partial charge in [0.25, 0.3) is 5.91 Å². The summed E-state index contributed by atoms with van der Waals surface area (Å²) in [5.74, 6) is 0.168. The molecule has 27 heavy (non-hydrogen) atoms. The number of hydrogen-bond acceptors (Lipinski definition) is 5. The second kappa shape index (κ2) is 8.09. The van der Waals surface area contributed by atoms with Crippen LogP contribution in [-0.2, 0) is 15.5 Å². The Morgan fingerprint density at radius 2 is 1.89 bits per heavy atom. The molecule has 0 spiro atoms. The van der Waals surface area contributed by atoms with Crippen molar-refractivity contribution in [2.24, 2.45) is 4.36 Å². The first-order valence-corrected chi connectivity index (χ1v) is 10.5. The fourth-order valence-electron chi connectivity index (χ4n) is 2.51. The monoisotopic (exact) mass is 380 g/mol. The zero-order chi connectivity index (χ0) is 19.3. The topological polar surface area (TPSA) is 84.3 Å². The van der Waals surface area contributed by atoms with Gasteiger partial charge in [0.15, 0.2) is 0 Å². The van der Waals surface area contributed by atoms with E-state index in [2.05, 4.69) is 19.6 Å². The highest BCUT2D eigenvalue weighted by molar-refractivity contribution is 7.92. The second-order valence-corrected chi connectivity index (χ2v) is 8.60. The van der Waals surface area contributed by atoms with Gasteiger partial charge in [-0.05, 0) is 36.8 Å². The predicted molar refractivity (Wildman–Crippen MR) is 107 cm³/mol. The molecule has 1 amide bonds. The molecule has 0 bridgehead atoms. The molecule has 0 aliphatic rings. The summed E-state index contributed by atoms with van der Waals surface area (Å²) in [6, 6.07) is 18.0. The minimum atomic E-state index is -2.68. The molecule has 0 fully saturated rings. The molecule has 0 aliphatic carbocycles. The normalized spacial score (nSPS) is 12.8. The number of hydrogen-bond donors (Lipinski definition) is 1. The summed E-state index contributed by atoms with van der Waals surface area (Å²) in [6.07, 6.45) is 3.16. The van der Waals surface area contributed by atoms with Crippen LogP contribution in [0.2, 0.25) is 0 Å². The van der Waals surface area contributed by atoms with Crippen LogP contribution < -0.4 is 5.32 Å². The number of carbonyl (C=O) groups is 1. The average molecular weight is 380 g/mol. The molecule has 0 radical (unpaired) electrons. The summed E-state index contributed by atoms with van der Waals surface area (Å²) >= 11 is 0. The summed E-state index contributed by atoms with van der Waals surface area (Å²) in [4.78, 5) is 20.9. The summed E-state index contributed by atoms with van der Waals surface area (Å²) < 4.78 is 16.7. The number of rotatable bonds is 5. The van der Waals surface area contributed by atoms with Gasteiger partial charge in [-0.1, -0.05) is 36.4 Å². The van der Waals surface area contributed by atoms with E-state index >= 15 is 0 Å². The van der Waals surface area contributed by atoms with Crippen molar-refractivity contribution >= 4 is 27.3 Å². The van der Waals surface area contributed by atoms with Crippen molar-refractivity contribution < 1.29 is 9.00 Å². The Morgan fingerprint density at radius 1 is 1.11 bits per heavy atom. The third kappa shape index (κ3) is 5.46. The van der Waals surface area contributed by atoms with Gasteiger partial charge in [0.1, 0.15) is 0 Å². The van der Waals surface area contributed by atoms with Gasteiger partial charge in [-0.3, -0.25) is 4.79 Å². The standard InChI is InChI=1S/C20H20N4O2S/c1-15-11-12-21-20(22-15)23-18-10-6-9-17(13-18)19(25)24-27(2,26)14-16-7-4-3-5-8-16/h3-13H,14H2,1-2H3,(H,21,22,23). The zero-order valence-corrected chi connectivity index (χ0v) is 15.9. The minimum Gasteiger partial charge on any atom is -0.324 e. The Bertz CT molecular complexity index is 1070. The first-order valence-electron chi connectivity index (χ1n) is 8.36. The number of aryl methyl sites for hydroxylation is 1. The highest BCUT2D eigenvalue weighted by Crippen LogP contribution is 2.16. The molecule has 0 aliphatic heterocycles. The van der Waals surface area contributed by atoms with E-state index in [-0.39, 0.29) is 5.75 Å². The first-order chi connectivity index (χ1) is 12.9. The van der Waals surface area contributed by atoms with Crippen molar-refractivity contribution in [1.82, 2.24) is 9.97 Å². The number of nitrogens with zero attached hydrogens (tertiary/aromatic N) is 3. The van der Waals surface area contributed by atoms with Crippen molar-refractivity contribution in [1.29, 1.82) is 0 Å². The van der Waals surface area contributed by atoms with Crippen molar-refractivity contribution in [2.75, 3.05) is 11.6 Å². The Labute approximate surface area is 158 Å². The van der Waals surface area contributed by atoms with Gasteiger partial charge >= 0.3 is 0 Å². The minimum absolute atomic E-state index is 0.231. The maximum absolute atomic E-state index is 12.7. The zero-order valence-electron chi connectivity index (χ0n) is 15.1. The van der Waals surface area contributed by atoms with Gasteiger partial charge in [0.2, 0.25) is 5.95 Å². The van der Waals surface area contributed by atoms with Crippen molar-refractivity contribution in [3.05, 3.63) is 83.7 Å². The summed E-state index contributed by atoms with van der Waals surface area (Å²) in [7, 11) is -2.68. The van der Waals surface area contributed by atoms with E-state index in [1.807, 2.05) is 37.3 Å². The number of amides is 1. The predicted octanol–water partition coefficient (Wildman–Crippen LogP) is 3.97. The number of nitrogens with one attached hydrogen (secondary N) is 1. The van der Waals surface area contributed by atoms with E-state index in [1.165, 1.54) is 6.26 Å². The molecule has 1 aromatic heterocycles. The molecular formula is C20H20N4O2S. The van der Waals surface area contributed by atoms with E-state index in [0.717, 1.165) is 11.3 Å². The number of carbonyl (C=O) groups excluding carboxylic acids is 1. The van der Waals surface area contributed by atoms with Crippen LogP contribution in [0.15, 0.2) is 71.2 Å². The Morgan fingerprint density at radius 3 is 2.63 bits per heavy atom. The molecule has 138 valence electrons. The van der Waals surface area contributed by atoms with E-state index in [0.29, 0.717) is 17.2 Å². The van der Waals surface area contributed by atoms with Crippen LogP contribution in [-0.4, -0.2) is 26.3 Å². The van der Waals surface area contributed by atoms with Gasteiger partial charge < -0.3 is 5.32 Å². The molecule has 7 heteroatoms. The van der Waals surface area contributed by atoms with Gasteiger partial charge in [-0.2, -0.15) is 4.36 Å². The lowest BCUT2D eigenvalue weighted by Crippen LogP contribution is -2.06. The molecule has 1 unspecified atom stereocenters. The van der Waals surface area contributed by atoms with Gasteiger partial charge in [0.05, 0.1) is 15.5 Å². The Kier molecular flexibility index (Phi) is 5.61. The fourth-order valence-corrected chi connectivity index (χ4v) is 3.84. The van der Waals surface area contributed by atoms with E-state index < -0.39 is 15.6 Å². The Hall–Kier alpha value is -3.06. The molecule has 0 saturated carbocycles. The third-order valence-corrected chi connectivity index (χ3v) is 5.13. The molecular weight excluding hydrogens is 360 g/mol. The highest BCUT2D eigenvalue weighted by atomic mass is 32.2. The summed E-state index contributed by atoms with van der Waals surface area (Å²) in [6.45, 7) is 1.87. The average Bonchev–Trinajstić information content (AvgIpc) is 2.62. The van der Waals surface area contributed by atoms with E-state index in [1.54, 1.807) is 36.5 Å². The molecule has 2 aromatic carbocycles. The number of benzene rings is 2. The lowest BCUT2D eigenvalue weighted by molar-refractivity contribution is 0.100. The SMILES string of the molecule is Cc1ccnc(Nc2cccc(C(=O)N=S(C)(=O)Cc3ccccc3)c2)n1. The lowest BCUT2D eigenvalue weighted by atomic mass is 10.2. The van der Waals surface area contributed by atoms with Crippen LogP contribution in [0.5, 0.6) is 0 Å². The smallest absolute Gasteiger partial charge is 0.285 e. The van der Waals surface area contributed by atoms with Crippen LogP contribution in [0.3, 0.4) is 0 Å². The van der Waals surface area contributed by atoms with E-state index in [9.17, 15) is 9.00 Å². The molecule has 3 aromatic rings. The molecule has 3 rings (SSSR count). The lowest BCUT2D eigenvalue weighted by Gasteiger charge is -2.07. The second-order valence-electron chi connectivity index (χ2n) is 6.21. The van der Waals surface area contributed by atoms with Gasteiger partial charge in [-0.15, -0.1) is 0 Å². The third-order valence-electron chi connectivity index (χ3n) is 3.71. The molecule has 6 nitrogen and oxygen atoms in total. The van der Waals surface area contributed by atoms with Crippen molar-refractivity contribution in [3.8, 4) is 0 Å². The quantitative estimate of drug-likeness (QED) is 0.724. The van der Waals surface area contributed by atoms with Crippen LogP contribution in [0.4, 0.5) is 11.6 Å². The first kappa shape index (κ1) is 18.7.